The first-order chi connectivity index (χ1) is 23.3. The fraction of sp³-hybridized carbons (Fsp3) is 0.194. The molecule has 0 N–H and O–H groups in total. The number of benzene rings is 4. The average Bonchev–Trinajstić information content (AvgIpc) is 3.42. The fourth-order valence-corrected chi connectivity index (χ4v) is 6.49. The van der Waals surface area contributed by atoms with Crippen molar-refractivity contribution in [3.05, 3.63) is 137 Å². The number of hydrogen-bond acceptors (Lipinski definition) is 10. The summed E-state index contributed by atoms with van der Waals surface area (Å²) < 4.78 is 24.8. The maximum atomic E-state index is 14.3. The highest BCUT2D eigenvalue weighted by molar-refractivity contribution is 7.07. The standard InChI is InChI=1S/C36H31N3O8S/c1-4-45-30-17-13-24(18-31(30)46-5-2)33-28(35(41)44-3)20-37-36-38(33)34(40)32(48-36)19-27-26-9-7-6-8-23(26)12-16-29(27)47-21-22-10-14-25(15-11-22)39(42)43/h6-20,33H,4-5,21H2,1-3H3/b32-19+/t33-/m1/s1. The molecule has 6 rings (SSSR count). The van der Waals surface area contributed by atoms with E-state index in [0.29, 0.717) is 50.9 Å². The molecule has 0 saturated carbocycles. The van der Waals surface area contributed by atoms with E-state index in [0.717, 1.165) is 16.3 Å². The zero-order valence-electron chi connectivity index (χ0n) is 26.4. The van der Waals surface area contributed by atoms with E-state index in [2.05, 4.69) is 4.99 Å². The van der Waals surface area contributed by atoms with Crippen molar-refractivity contribution in [2.45, 2.75) is 26.5 Å². The van der Waals surface area contributed by atoms with Crippen LogP contribution in [0.15, 0.2) is 100 Å². The van der Waals surface area contributed by atoms with E-state index in [1.165, 1.54) is 41.3 Å². The van der Waals surface area contributed by atoms with Crippen LogP contribution in [0, 0.1) is 10.1 Å². The minimum Gasteiger partial charge on any atom is -0.490 e. The van der Waals surface area contributed by atoms with Gasteiger partial charge in [-0.2, -0.15) is 0 Å². The predicted octanol–water partition coefficient (Wildman–Crippen LogP) is 5.46. The van der Waals surface area contributed by atoms with Crippen LogP contribution >= 0.6 is 11.3 Å². The summed E-state index contributed by atoms with van der Waals surface area (Å²) in [5, 5.41) is 12.9. The van der Waals surface area contributed by atoms with Gasteiger partial charge in [-0.3, -0.25) is 19.5 Å². The number of nitro groups is 1. The van der Waals surface area contributed by atoms with Gasteiger partial charge in [0.15, 0.2) is 16.3 Å². The Kier molecular flexibility index (Phi) is 9.35. The Morgan fingerprint density at radius 1 is 0.958 bits per heavy atom. The van der Waals surface area contributed by atoms with E-state index in [4.69, 9.17) is 18.9 Å². The summed E-state index contributed by atoms with van der Waals surface area (Å²) in [5.41, 5.74) is 1.89. The molecule has 0 saturated heterocycles. The van der Waals surface area contributed by atoms with Gasteiger partial charge in [0.05, 0.1) is 41.4 Å². The lowest BCUT2D eigenvalue weighted by Gasteiger charge is -2.23. The molecule has 1 aromatic heterocycles. The Morgan fingerprint density at radius 2 is 1.69 bits per heavy atom. The molecule has 2 heterocycles. The van der Waals surface area contributed by atoms with E-state index < -0.39 is 16.9 Å². The summed E-state index contributed by atoms with van der Waals surface area (Å²) in [7, 11) is 1.29. The summed E-state index contributed by atoms with van der Waals surface area (Å²) in [5.74, 6) is 0.959. The number of rotatable bonds is 11. The van der Waals surface area contributed by atoms with Gasteiger partial charge < -0.3 is 18.9 Å². The molecule has 0 aliphatic carbocycles. The summed E-state index contributed by atoms with van der Waals surface area (Å²) in [6.07, 6.45) is 3.22. The second-order valence-electron chi connectivity index (χ2n) is 10.7. The van der Waals surface area contributed by atoms with Crippen LogP contribution in [0.4, 0.5) is 5.69 Å². The molecule has 1 aliphatic heterocycles. The third-order valence-electron chi connectivity index (χ3n) is 7.76. The van der Waals surface area contributed by atoms with E-state index in [9.17, 15) is 19.7 Å². The van der Waals surface area contributed by atoms with E-state index >= 15 is 0 Å². The predicted molar refractivity (Wildman–Crippen MR) is 181 cm³/mol. The fourth-order valence-electron chi connectivity index (χ4n) is 5.54. The van der Waals surface area contributed by atoms with Gasteiger partial charge in [0.25, 0.3) is 11.2 Å². The molecule has 0 radical (unpaired) electrons. The van der Waals surface area contributed by atoms with Gasteiger partial charge in [-0.25, -0.2) is 9.79 Å². The molecule has 11 nitrogen and oxygen atoms in total. The van der Waals surface area contributed by atoms with E-state index in [1.54, 1.807) is 36.4 Å². The lowest BCUT2D eigenvalue weighted by atomic mass is 9.97. The molecule has 0 amide bonds. The number of hydrogen-bond donors (Lipinski definition) is 0. The van der Waals surface area contributed by atoms with Crippen molar-refractivity contribution in [2.24, 2.45) is 4.99 Å². The number of thiazole rings is 1. The van der Waals surface area contributed by atoms with Crippen molar-refractivity contribution in [3.63, 3.8) is 0 Å². The zero-order chi connectivity index (χ0) is 33.8. The van der Waals surface area contributed by atoms with Crippen LogP contribution in [0.3, 0.4) is 0 Å². The molecule has 1 atom stereocenters. The normalized spacial score (nSPS) is 14.1. The van der Waals surface area contributed by atoms with Crippen LogP contribution in [0.25, 0.3) is 16.8 Å². The van der Waals surface area contributed by atoms with Crippen LogP contribution < -0.4 is 29.1 Å². The summed E-state index contributed by atoms with van der Waals surface area (Å²) in [6.45, 7) is 4.73. The molecule has 48 heavy (non-hydrogen) atoms. The first-order valence-corrected chi connectivity index (χ1v) is 16.0. The Labute approximate surface area is 278 Å². The summed E-state index contributed by atoms with van der Waals surface area (Å²) in [6, 6.07) is 22.2. The van der Waals surface area contributed by atoms with Gasteiger partial charge in [0.2, 0.25) is 0 Å². The van der Waals surface area contributed by atoms with Crippen LogP contribution in [-0.2, 0) is 16.1 Å². The molecule has 0 bridgehead atoms. The van der Waals surface area contributed by atoms with E-state index in [-0.39, 0.29) is 23.4 Å². The van der Waals surface area contributed by atoms with Crippen molar-refractivity contribution in [2.75, 3.05) is 20.3 Å². The van der Waals surface area contributed by atoms with Crippen molar-refractivity contribution in [1.82, 2.24) is 4.57 Å². The van der Waals surface area contributed by atoms with Crippen molar-refractivity contribution in [3.8, 4) is 17.2 Å². The highest BCUT2D eigenvalue weighted by atomic mass is 32.1. The monoisotopic (exact) mass is 665 g/mol. The number of ether oxygens (including phenoxy) is 4. The molecule has 4 aromatic carbocycles. The minimum absolute atomic E-state index is 0.00599. The molecular formula is C36H31N3O8S. The number of carbonyl (C=O) groups is 1. The highest BCUT2D eigenvalue weighted by Gasteiger charge is 2.31. The topological polar surface area (TPSA) is 131 Å². The molecule has 0 fully saturated rings. The largest absolute Gasteiger partial charge is 0.490 e. The third-order valence-corrected chi connectivity index (χ3v) is 8.75. The van der Waals surface area contributed by atoms with Gasteiger partial charge in [-0.1, -0.05) is 47.7 Å². The molecular weight excluding hydrogens is 634 g/mol. The summed E-state index contributed by atoms with van der Waals surface area (Å²) in [4.78, 5) is 42.8. The quantitative estimate of drug-likeness (QED) is 0.103. The number of non-ortho nitro benzene ring substituents is 1. The number of aromatic nitrogens is 1. The van der Waals surface area contributed by atoms with Crippen LogP contribution in [0.2, 0.25) is 0 Å². The Bertz CT molecular complexity index is 2240. The summed E-state index contributed by atoms with van der Waals surface area (Å²) >= 11 is 1.19. The number of nitro benzene ring substituents is 1. The number of nitrogens with zero attached hydrogens (tertiary/aromatic N) is 3. The molecule has 1 aliphatic rings. The van der Waals surface area contributed by atoms with Crippen molar-refractivity contribution >= 4 is 39.8 Å². The lowest BCUT2D eigenvalue weighted by Crippen LogP contribution is -2.39. The Hall–Kier alpha value is -5.75. The van der Waals surface area contributed by atoms with Crippen LogP contribution in [-0.4, -0.2) is 35.8 Å². The van der Waals surface area contributed by atoms with Gasteiger partial charge in [0.1, 0.15) is 12.4 Å². The molecule has 5 aromatic rings. The second-order valence-corrected chi connectivity index (χ2v) is 11.7. The first kappa shape index (κ1) is 32.2. The maximum Gasteiger partial charge on any atom is 0.337 e. The first-order valence-electron chi connectivity index (χ1n) is 15.2. The van der Waals surface area contributed by atoms with Crippen molar-refractivity contribution in [1.29, 1.82) is 0 Å². The Morgan fingerprint density at radius 3 is 2.42 bits per heavy atom. The third kappa shape index (κ3) is 6.29. The van der Waals surface area contributed by atoms with Gasteiger partial charge in [0, 0.05) is 23.9 Å². The molecule has 12 heteroatoms. The number of fused-ring (bicyclic) bond motifs is 2. The Balaban J connectivity index is 1.47. The lowest BCUT2D eigenvalue weighted by molar-refractivity contribution is -0.384. The number of methoxy groups -OCH3 is 1. The molecule has 0 spiro atoms. The van der Waals surface area contributed by atoms with Gasteiger partial charge >= 0.3 is 5.97 Å². The van der Waals surface area contributed by atoms with Crippen LogP contribution in [0.5, 0.6) is 17.2 Å². The second kappa shape index (κ2) is 13.9. The van der Waals surface area contributed by atoms with Crippen molar-refractivity contribution < 1.29 is 28.7 Å². The number of carbonyl (C=O) groups excluding carboxylic acids is 1. The molecule has 0 unspecified atom stereocenters. The minimum atomic E-state index is -0.837. The van der Waals surface area contributed by atoms with E-state index in [1.807, 2.05) is 50.2 Å². The maximum absolute atomic E-state index is 14.3. The van der Waals surface area contributed by atoms with Gasteiger partial charge in [-0.05, 0) is 72.2 Å². The number of esters is 1. The average molecular weight is 666 g/mol. The highest BCUT2D eigenvalue weighted by Crippen LogP contribution is 2.35. The molecule has 244 valence electrons. The SMILES string of the molecule is CCOc1ccc([C@@H]2C(C(=O)OC)=CN=c3s/c(=C/c4c(OCc5ccc([N+](=O)[O-])cc5)ccc5ccccc45)c(=O)n32)cc1OCC. The van der Waals surface area contributed by atoms with Gasteiger partial charge in [-0.15, -0.1) is 0 Å². The smallest absolute Gasteiger partial charge is 0.337 e. The van der Waals surface area contributed by atoms with Crippen LogP contribution in [0.1, 0.15) is 36.6 Å². The zero-order valence-corrected chi connectivity index (χ0v) is 27.2.